The van der Waals surface area contributed by atoms with Gasteiger partial charge in [-0.3, -0.25) is 9.69 Å². The highest BCUT2D eigenvalue weighted by Gasteiger charge is 2.19. The van der Waals surface area contributed by atoms with Crippen LogP contribution in [0, 0.1) is 5.82 Å². The third kappa shape index (κ3) is 7.47. The molecule has 3 aromatic rings. The predicted octanol–water partition coefficient (Wildman–Crippen LogP) is 5.22. The number of piperazine rings is 1. The van der Waals surface area contributed by atoms with E-state index in [1.165, 1.54) is 12.1 Å². The summed E-state index contributed by atoms with van der Waals surface area (Å²) in [7, 11) is 1.67. The van der Waals surface area contributed by atoms with Crippen LogP contribution in [0.1, 0.15) is 40.4 Å². The number of halogens is 1. The van der Waals surface area contributed by atoms with E-state index in [9.17, 15) is 9.18 Å². The van der Waals surface area contributed by atoms with Gasteiger partial charge in [-0.1, -0.05) is 42.5 Å². The number of nitrogens with zero attached hydrogens (tertiary/aromatic N) is 2. The number of carbonyl (C=O) groups excluding carboxylic acids is 1. The first-order valence-electron chi connectivity index (χ1n) is 12.7. The molecule has 0 amide bonds. The van der Waals surface area contributed by atoms with Gasteiger partial charge in [-0.05, 0) is 60.5 Å². The van der Waals surface area contributed by atoms with Gasteiger partial charge in [-0.2, -0.15) is 0 Å². The zero-order valence-electron chi connectivity index (χ0n) is 20.9. The van der Waals surface area contributed by atoms with Crippen molar-refractivity contribution in [1.82, 2.24) is 9.80 Å². The molecule has 6 heteroatoms. The summed E-state index contributed by atoms with van der Waals surface area (Å²) in [6, 6.07) is 24.2. The Morgan fingerprint density at radius 3 is 2.08 bits per heavy atom. The number of benzene rings is 3. The quantitative estimate of drug-likeness (QED) is 0.326. The van der Waals surface area contributed by atoms with Gasteiger partial charge in [-0.25, -0.2) is 4.39 Å². The molecule has 0 radical (unpaired) electrons. The first-order valence-corrected chi connectivity index (χ1v) is 12.7. The highest BCUT2D eigenvalue weighted by Crippen LogP contribution is 2.27. The Morgan fingerprint density at radius 1 is 0.833 bits per heavy atom. The zero-order chi connectivity index (χ0) is 25.2. The fourth-order valence-corrected chi connectivity index (χ4v) is 4.57. The second kappa shape index (κ2) is 13.3. The maximum Gasteiger partial charge on any atom is 0.162 e. The maximum atomic E-state index is 13.0. The van der Waals surface area contributed by atoms with Gasteiger partial charge in [0.1, 0.15) is 17.7 Å². The van der Waals surface area contributed by atoms with Crippen molar-refractivity contribution >= 4 is 5.78 Å². The third-order valence-electron chi connectivity index (χ3n) is 6.72. The average Bonchev–Trinajstić information content (AvgIpc) is 2.93. The fourth-order valence-electron chi connectivity index (χ4n) is 4.57. The standard InChI is InChI=1S/C30H35FN2O3/c1-35-28-15-11-26(12-16-28)30(25-6-3-2-4-7-25)36-23-22-33-20-18-32(19-21-33)17-5-8-29(34)24-9-13-27(31)14-10-24/h2-4,6-7,9-16,30H,5,8,17-23H2,1H3. The van der Waals surface area contributed by atoms with Crippen LogP contribution >= 0.6 is 0 Å². The van der Waals surface area contributed by atoms with Crippen LogP contribution in [0.3, 0.4) is 0 Å². The zero-order valence-corrected chi connectivity index (χ0v) is 20.9. The number of methoxy groups -OCH3 is 1. The van der Waals surface area contributed by atoms with Crippen LogP contribution in [0.15, 0.2) is 78.9 Å². The normalized spacial score (nSPS) is 15.5. The smallest absolute Gasteiger partial charge is 0.162 e. The molecule has 0 spiro atoms. The Hall–Kier alpha value is -3.06. The first kappa shape index (κ1) is 26.0. The number of carbonyl (C=O) groups is 1. The van der Waals surface area contributed by atoms with Gasteiger partial charge >= 0.3 is 0 Å². The van der Waals surface area contributed by atoms with Gasteiger partial charge in [0.05, 0.1) is 13.7 Å². The predicted molar refractivity (Wildman–Crippen MR) is 140 cm³/mol. The van der Waals surface area contributed by atoms with E-state index in [0.717, 1.165) is 62.6 Å². The van der Waals surface area contributed by atoms with E-state index in [-0.39, 0.29) is 17.7 Å². The summed E-state index contributed by atoms with van der Waals surface area (Å²) < 4.78 is 24.7. The monoisotopic (exact) mass is 490 g/mol. The van der Waals surface area contributed by atoms with Crippen LogP contribution in [0.2, 0.25) is 0 Å². The summed E-state index contributed by atoms with van der Waals surface area (Å²) in [6.45, 7) is 6.41. The summed E-state index contributed by atoms with van der Waals surface area (Å²) in [5, 5.41) is 0. The number of hydrogen-bond donors (Lipinski definition) is 0. The topological polar surface area (TPSA) is 42.0 Å². The molecule has 5 nitrogen and oxygen atoms in total. The van der Waals surface area contributed by atoms with Crippen LogP contribution < -0.4 is 4.74 Å². The Balaban J connectivity index is 1.19. The lowest BCUT2D eigenvalue weighted by atomic mass is 10.0. The van der Waals surface area contributed by atoms with Crippen molar-refractivity contribution in [2.24, 2.45) is 0 Å². The Labute approximate surface area is 213 Å². The number of Topliss-reactive ketones (excluding diaryl/α,β-unsaturated/α-hetero) is 1. The van der Waals surface area contributed by atoms with Crippen LogP contribution in [0.5, 0.6) is 5.75 Å². The summed E-state index contributed by atoms with van der Waals surface area (Å²) in [5.74, 6) is 0.602. The molecular formula is C30H35FN2O3. The van der Waals surface area contributed by atoms with Gasteiger partial charge < -0.3 is 14.4 Å². The second-order valence-electron chi connectivity index (χ2n) is 9.15. The van der Waals surface area contributed by atoms with Crippen molar-refractivity contribution in [2.75, 3.05) is 53.0 Å². The highest BCUT2D eigenvalue weighted by molar-refractivity contribution is 5.95. The Bertz CT molecular complexity index is 1070. The van der Waals surface area contributed by atoms with E-state index in [1.54, 1.807) is 19.2 Å². The Morgan fingerprint density at radius 2 is 1.44 bits per heavy atom. The SMILES string of the molecule is COc1ccc(C(OCCN2CCN(CCCC(=O)c3ccc(F)cc3)CC2)c2ccccc2)cc1. The van der Waals surface area contributed by atoms with Crippen molar-refractivity contribution in [3.05, 3.63) is 101 Å². The molecule has 0 N–H and O–H groups in total. The molecule has 1 fully saturated rings. The van der Waals surface area contributed by atoms with Crippen molar-refractivity contribution in [1.29, 1.82) is 0 Å². The lowest BCUT2D eigenvalue weighted by molar-refractivity contribution is 0.0450. The fraction of sp³-hybridized carbons (Fsp3) is 0.367. The summed E-state index contributed by atoms with van der Waals surface area (Å²) in [4.78, 5) is 17.1. The number of ether oxygens (including phenoxy) is 2. The summed E-state index contributed by atoms with van der Waals surface area (Å²) >= 11 is 0. The summed E-state index contributed by atoms with van der Waals surface area (Å²) in [5.41, 5.74) is 2.84. The Kier molecular flexibility index (Phi) is 9.61. The van der Waals surface area contributed by atoms with E-state index in [4.69, 9.17) is 9.47 Å². The molecule has 1 aliphatic rings. The molecule has 1 aliphatic heterocycles. The van der Waals surface area contributed by atoms with Gasteiger partial charge in [0.15, 0.2) is 5.78 Å². The molecule has 1 saturated heterocycles. The van der Waals surface area contributed by atoms with E-state index in [0.29, 0.717) is 18.6 Å². The van der Waals surface area contributed by atoms with Crippen molar-refractivity contribution in [3.8, 4) is 5.75 Å². The summed E-state index contributed by atoms with van der Waals surface area (Å²) in [6.07, 6.45) is 1.20. The maximum absolute atomic E-state index is 13.0. The first-order chi connectivity index (χ1) is 17.6. The van der Waals surface area contributed by atoms with Gasteiger partial charge in [0.25, 0.3) is 0 Å². The second-order valence-corrected chi connectivity index (χ2v) is 9.15. The van der Waals surface area contributed by atoms with Gasteiger partial charge in [0.2, 0.25) is 0 Å². The van der Waals surface area contributed by atoms with Crippen LogP contribution in [-0.2, 0) is 4.74 Å². The molecule has 3 aromatic carbocycles. The van der Waals surface area contributed by atoms with E-state index < -0.39 is 0 Å². The minimum absolute atomic E-state index is 0.0793. The molecule has 1 atom stereocenters. The molecule has 0 saturated carbocycles. The minimum atomic E-state index is -0.314. The van der Waals surface area contributed by atoms with E-state index in [2.05, 4.69) is 34.1 Å². The molecule has 190 valence electrons. The van der Waals surface area contributed by atoms with E-state index in [1.807, 2.05) is 30.3 Å². The van der Waals surface area contributed by atoms with Gasteiger partial charge in [-0.15, -0.1) is 0 Å². The molecule has 0 aromatic heterocycles. The molecule has 0 bridgehead atoms. The lowest BCUT2D eigenvalue weighted by Gasteiger charge is -2.34. The largest absolute Gasteiger partial charge is 0.497 e. The van der Waals surface area contributed by atoms with Crippen molar-refractivity contribution in [3.63, 3.8) is 0 Å². The molecular weight excluding hydrogens is 455 g/mol. The molecule has 36 heavy (non-hydrogen) atoms. The number of hydrogen-bond acceptors (Lipinski definition) is 5. The van der Waals surface area contributed by atoms with E-state index >= 15 is 0 Å². The highest BCUT2D eigenvalue weighted by atomic mass is 19.1. The molecule has 1 heterocycles. The van der Waals surface area contributed by atoms with Crippen molar-refractivity contribution < 1.29 is 18.7 Å². The number of rotatable bonds is 12. The molecule has 0 aliphatic carbocycles. The van der Waals surface area contributed by atoms with Crippen LogP contribution in [-0.4, -0.2) is 68.6 Å². The molecule has 4 rings (SSSR count). The van der Waals surface area contributed by atoms with Crippen LogP contribution in [0.25, 0.3) is 0 Å². The minimum Gasteiger partial charge on any atom is -0.497 e. The van der Waals surface area contributed by atoms with Crippen molar-refractivity contribution in [2.45, 2.75) is 18.9 Å². The molecule has 1 unspecified atom stereocenters. The average molecular weight is 491 g/mol. The van der Waals surface area contributed by atoms with Gasteiger partial charge in [0, 0.05) is 44.7 Å². The van der Waals surface area contributed by atoms with Crippen LogP contribution in [0.4, 0.5) is 4.39 Å². The third-order valence-corrected chi connectivity index (χ3v) is 6.72. The lowest BCUT2D eigenvalue weighted by Crippen LogP contribution is -2.47. The number of ketones is 1.